The highest BCUT2D eigenvalue weighted by Crippen LogP contribution is 2.29. The summed E-state index contributed by atoms with van der Waals surface area (Å²) in [4.78, 5) is 3.56. The van der Waals surface area contributed by atoms with Gasteiger partial charge in [-0.05, 0) is 36.5 Å². The second-order valence-corrected chi connectivity index (χ2v) is 7.20. The van der Waals surface area contributed by atoms with E-state index < -0.39 is 0 Å². The fraction of sp³-hybridized carbons (Fsp3) is 0.350. The maximum atomic E-state index is 6.24. The quantitative estimate of drug-likeness (QED) is 0.541. The van der Waals surface area contributed by atoms with Crippen molar-refractivity contribution < 1.29 is 4.74 Å². The van der Waals surface area contributed by atoms with Crippen molar-refractivity contribution in [2.45, 2.75) is 19.1 Å². The molecule has 1 unspecified atom stereocenters. The van der Waals surface area contributed by atoms with Gasteiger partial charge >= 0.3 is 0 Å². The summed E-state index contributed by atoms with van der Waals surface area (Å²) in [5.74, 6) is 0. The van der Waals surface area contributed by atoms with E-state index in [1.54, 1.807) is 11.3 Å². The maximum Gasteiger partial charge on any atom is 0.133 e. The van der Waals surface area contributed by atoms with Crippen molar-refractivity contribution >= 4 is 11.3 Å². The number of nitrogens with zero attached hydrogens (tertiary/aromatic N) is 3. The second kappa shape index (κ2) is 8.94. The van der Waals surface area contributed by atoms with Crippen LogP contribution in [0, 0.1) is 0 Å². The molecule has 0 aliphatic rings. The van der Waals surface area contributed by atoms with E-state index in [1.807, 2.05) is 24.0 Å². The number of rotatable bonds is 9. The van der Waals surface area contributed by atoms with Crippen LogP contribution in [0.15, 0.2) is 60.1 Å². The highest BCUT2D eigenvalue weighted by atomic mass is 32.1. The van der Waals surface area contributed by atoms with Gasteiger partial charge in [-0.2, -0.15) is 5.10 Å². The third-order valence-electron chi connectivity index (χ3n) is 4.19. The highest BCUT2D eigenvalue weighted by molar-refractivity contribution is 7.10. The first-order valence-electron chi connectivity index (χ1n) is 8.59. The monoisotopic (exact) mass is 355 g/mol. The van der Waals surface area contributed by atoms with Crippen LogP contribution in [0.1, 0.15) is 28.7 Å². The smallest absolute Gasteiger partial charge is 0.133 e. The molecule has 0 bridgehead atoms. The minimum Gasteiger partial charge on any atom is -0.366 e. The SMILES string of the molecule is CN(CCCOC(c1cccs1)c1ccnn1C)Cc1ccccc1. The van der Waals surface area contributed by atoms with E-state index >= 15 is 0 Å². The Morgan fingerprint density at radius 1 is 1.16 bits per heavy atom. The summed E-state index contributed by atoms with van der Waals surface area (Å²) in [6, 6.07) is 16.8. The molecule has 3 rings (SSSR count). The Bertz CT molecular complexity index is 739. The molecule has 0 saturated carbocycles. The van der Waals surface area contributed by atoms with Crippen LogP contribution in [0.5, 0.6) is 0 Å². The predicted octanol–water partition coefficient (Wildman–Crippen LogP) is 4.11. The van der Waals surface area contributed by atoms with Gasteiger partial charge in [-0.25, -0.2) is 0 Å². The van der Waals surface area contributed by atoms with Crippen molar-refractivity contribution in [3.63, 3.8) is 0 Å². The first-order valence-corrected chi connectivity index (χ1v) is 9.47. The van der Waals surface area contributed by atoms with Crippen LogP contribution in [-0.4, -0.2) is 34.9 Å². The molecule has 25 heavy (non-hydrogen) atoms. The van der Waals surface area contributed by atoms with E-state index in [0.717, 1.165) is 31.8 Å². The molecule has 0 N–H and O–H groups in total. The van der Waals surface area contributed by atoms with Gasteiger partial charge in [-0.15, -0.1) is 11.3 Å². The lowest BCUT2D eigenvalue weighted by atomic mass is 10.2. The first-order chi connectivity index (χ1) is 12.2. The Morgan fingerprint density at radius 3 is 2.68 bits per heavy atom. The van der Waals surface area contributed by atoms with Crippen molar-refractivity contribution in [2.75, 3.05) is 20.2 Å². The lowest BCUT2D eigenvalue weighted by Crippen LogP contribution is -2.21. The number of aryl methyl sites for hydroxylation is 1. The van der Waals surface area contributed by atoms with Crippen LogP contribution >= 0.6 is 11.3 Å². The van der Waals surface area contributed by atoms with Crippen molar-refractivity contribution in [3.05, 3.63) is 76.2 Å². The zero-order chi connectivity index (χ0) is 17.5. The molecule has 2 heterocycles. The molecule has 4 nitrogen and oxygen atoms in total. The van der Waals surface area contributed by atoms with Gasteiger partial charge in [0.25, 0.3) is 0 Å². The third kappa shape index (κ3) is 5.01. The Balaban J connectivity index is 1.50. The van der Waals surface area contributed by atoms with Crippen LogP contribution in [0.3, 0.4) is 0 Å². The molecule has 0 fully saturated rings. The number of aromatic nitrogens is 2. The molecule has 2 aromatic heterocycles. The molecule has 5 heteroatoms. The molecule has 0 aliphatic carbocycles. The second-order valence-electron chi connectivity index (χ2n) is 6.22. The molecular weight excluding hydrogens is 330 g/mol. The van der Waals surface area contributed by atoms with E-state index in [1.165, 1.54) is 10.4 Å². The molecule has 0 spiro atoms. The average Bonchev–Trinajstić information content (AvgIpc) is 3.28. The molecular formula is C20H25N3OS. The maximum absolute atomic E-state index is 6.24. The van der Waals surface area contributed by atoms with E-state index in [-0.39, 0.29) is 6.10 Å². The Hall–Kier alpha value is -1.95. The number of thiophene rings is 1. The zero-order valence-electron chi connectivity index (χ0n) is 14.8. The van der Waals surface area contributed by atoms with E-state index in [0.29, 0.717) is 0 Å². The summed E-state index contributed by atoms with van der Waals surface area (Å²) < 4.78 is 8.13. The van der Waals surface area contributed by atoms with Crippen LogP contribution in [0.4, 0.5) is 0 Å². The third-order valence-corrected chi connectivity index (χ3v) is 5.11. The Kier molecular flexibility index (Phi) is 6.39. The fourth-order valence-corrected chi connectivity index (χ4v) is 3.69. The van der Waals surface area contributed by atoms with Crippen LogP contribution in [0.2, 0.25) is 0 Å². The molecule has 132 valence electrons. The lowest BCUT2D eigenvalue weighted by molar-refractivity contribution is 0.0699. The molecule has 0 amide bonds. The number of ether oxygens (including phenoxy) is 1. The van der Waals surface area contributed by atoms with Crippen molar-refractivity contribution in [1.29, 1.82) is 0 Å². The van der Waals surface area contributed by atoms with Crippen LogP contribution in [-0.2, 0) is 18.3 Å². The van der Waals surface area contributed by atoms with Gasteiger partial charge in [0.15, 0.2) is 0 Å². The van der Waals surface area contributed by atoms with Gasteiger partial charge in [-0.3, -0.25) is 4.68 Å². The topological polar surface area (TPSA) is 30.3 Å². The van der Waals surface area contributed by atoms with Crippen LogP contribution < -0.4 is 0 Å². The van der Waals surface area contributed by atoms with Crippen molar-refractivity contribution in [1.82, 2.24) is 14.7 Å². The van der Waals surface area contributed by atoms with Gasteiger partial charge < -0.3 is 9.64 Å². The minimum absolute atomic E-state index is 0.0353. The molecule has 1 aromatic carbocycles. The number of hydrogen-bond acceptors (Lipinski definition) is 4. The van der Waals surface area contributed by atoms with E-state index in [4.69, 9.17) is 4.74 Å². The summed E-state index contributed by atoms with van der Waals surface area (Å²) in [7, 11) is 4.12. The summed E-state index contributed by atoms with van der Waals surface area (Å²) in [6.45, 7) is 2.71. The predicted molar refractivity (Wildman–Crippen MR) is 103 cm³/mol. The largest absolute Gasteiger partial charge is 0.366 e. The number of hydrogen-bond donors (Lipinski definition) is 0. The summed E-state index contributed by atoms with van der Waals surface area (Å²) in [5.41, 5.74) is 2.44. The highest BCUT2D eigenvalue weighted by Gasteiger charge is 2.19. The Labute approximate surface area is 153 Å². The lowest BCUT2D eigenvalue weighted by Gasteiger charge is -2.19. The summed E-state index contributed by atoms with van der Waals surface area (Å²) in [6.07, 6.45) is 2.79. The minimum atomic E-state index is -0.0353. The van der Waals surface area contributed by atoms with Crippen LogP contribution in [0.25, 0.3) is 0 Å². The average molecular weight is 356 g/mol. The fourth-order valence-electron chi connectivity index (χ4n) is 2.90. The van der Waals surface area contributed by atoms with Crippen molar-refractivity contribution in [3.8, 4) is 0 Å². The first kappa shape index (κ1) is 17.9. The molecule has 3 aromatic rings. The van der Waals surface area contributed by atoms with Gasteiger partial charge in [0.2, 0.25) is 0 Å². The molecule has 1 atom stereocenters. The summed E-state index contributed by atoms with van der Waals surface area (Å²) in [5, 5.41) is 6.38. The zero-order valence-corrected chi connectivity index (χ0v) is 15.7. The molecule has 0 radical (unpaired) electrons. The van der Waals surface area contributed by atoms with Gasteiger partial charge in [0.1, 0.15) is 6.10 Å². The standard InChI is InChI=1S/C20H25N3OS/c1-22(16-17-8-4-3-5-9-17)13-7-14-24-20(19-10-6-15-25-19)18-11-12-21-23(18)2/h3-6,8-12,15,20H,7,13-14,16H2,1-2H3. The van der Waals surface area contributed by atoms with Gasteiger partial charge in [0.05, 0.1) is 5.69 Å². The molecule has 0 aliphatic heterocycles. The van der Waals surface area contributed by atoms with E-state index in [2.05, 4.69) is 64.9 Å². The normalized spacial score (nSPS) is 12.6. The van der Waals surface area contributed by atoms with Crippen molar-refractivity contribution in [2.24, 2.45) is 7.05 Å². The Morgan fingerprint density at radius 2 is 2.00 bits per heavy atom. The number of benzene rings is 1. The molecule has 0 saturated heterocycles. The van der Waals surface area contributed by atoms with Gasteiger partial charge in [0, 0.05) is 37.8 Å². The van der Waals surface area contributed by atoms with E-state index in [9.17, 15) is 0 Å². The van der Waals surface area contributed by atoms with Gasteiger partial charge in [-0.1, -0.05) is 36.4 Å². The summed E-state index contributed by atoms with van der Waals surface area (Å²) >= 11 is 1.73.